The van der Waals surface area contributed by atoms with E-state index >= 15 is 0 Å². The van der Waals surface area contributed by atoms with E-state index in [2.05, 4.69) is 55.5 Å². The fraction of sp³-hybridized carbons (Fsp3) is 0.609. The molecule has 0 saturated carbocycles. The van der Waals surface area contributed by atoms with Gasteiger partial charge in [-0.25, -0.2) is 0 Å². The van der Waals surface area contributed by atoms with Crippen LogP contribution in [0, 0.1) is 0 Å². The Bertz CT molecular complexity index is 449. The number of hydrogen-bond acceptors (Lipinski definition) is 4. The van der Waals surface area contributed by atoms with Gasteiger partial charge in [-0.15, -0.1) is 0 Å². The van der Waals surface area contributed by atoms with Crippen molar-refractivity contribution < 1.29 is 19.7 Å². The molecule has 0 unspecified atom stereocenters. The number of aliphatic hydroxyl groups excluding tert-OH is 2. The number of aliphatic hydroxyl groups is 2. The minimum atomic E-state index is -0.979. The standard InChI is InChI=1S/C23H38O4/c1-2-3-4-5-6-7-8-9-10-11-12-13-14-15-16-17-18-19-23(26)27-21-22(25)20-24/h3-4,6-7,9-10,15-16,22,24-25H,2,5,8,11-14,17-21H2,1H3/b4-3-,7-6-,10-9-,16-15-/t22-/m0/s1. The Balaban J connectivity index is 3.41. The lowest BCUT2D eigenvalue weighted by Gasteiger charge is -2.07. The highest BCUT2D eigenvalue weighted by atomic mass is 16.5. The molecule has 0 saturated heterocycles. The molecule has 0 spiro atoms. The van der Waals surface area contributed by atoms with Crippen molar-refractivity contribution in [3.63, 3.8) is 0 Å². The van der Waals surface area contributed by atoms with E-state index in [9.17, 15) is 4.79 Å². The quantitative estimate of drug-likeness (QED) is 0.212. The number of hydrogen-bond donors (Lipinski definition) is 2. The van der Waals surface area contributed by atoms with Crippen molar-refractivity contribution in [2.24, 2.45) is 0 Å². The highest BCUT2D eigenvalue weighted by Crippen LogP contribution is 2.05. The van der Waals surface area contributed by atoms with Crippen LogP contribution in [-0.2, 0) is 9.53 Å². The number of carbonyl (C=O) groups excluding carboxylic acids is 1. The van der Waals surface area contributed by atoms with Crippen LogP contribution in [0.1, 0.15) is 71.1 Å². The summed E-state index contributed by atoms with van der Waals surface area (Å²) in [6.45, 7) is 1.62. The van der Waals surface area contributed by atoms with E-state index in [0.29, 0.717) is 6.42 Å². The predicted molar refractivity (Wildman–Crippen MR) is 112 cm³/mol. The predicted octanol–water partition coefficient (Wildman–Crippen LogP) is 5.03. The molecular formula is C23H38O4. The van der Waals surface area contributed by atoms with Gasteiger partial charge in [-0.05, 0) is 57.8 Å². The summed E-state index contributed by atoms with van der Waals surface area (Å²) in [5, 5.41) is 17.7. The molecule has 0 radical (unpaired) electrons. The third-order valence-electron chi connectivity index (χ3n) is 3.84. The van der Waals surface area contributed by atoms with E-state index in [1.807, 2.05) is 0 Å². The van der Waals surface area contributed by atoms with Gasteiger partial charge in [-0.3, -0.25) is 4.79 Å². The van der Waals surface area contributed by atoms with E-state index in [4.69, 9.17) is 14.9 Å². The zero-order chi connectivity index (χ0) is 20.0. The summed E-state index contributed by atoms with van der Waals surface area (Å²) in [7, 11) is 0. The lowest BCUT2D eigenvalue weighted by molar-refractivity contribution is -0.147. The summed E-state index contributed by atoms with van der Waals surface area (Å²) in [6, 6.07) is 0. The smallest absolute Gasteiger partial charge is 0.305 e. The number of unbranched alkanes of at least 4 members (excludes halogenated alkanes) is 4. The second-order valence-electron chi connectivity index (χ2n) is 6.46. The Morgan fingerprint density at radius 3 is 1.96 bits per heavy atom. The first-order chi connectivity index (χ1) is 13.2. The topological polar surface area (TPSA) is 66.8 Å². The lowest BCUT2D eigenvalue weighted by Crippen LogP contribution is -2.21. The zero-order valence-electron chi connectivity index (χ0n) is 16.9. The summed E-state index contributed by atoms with van der Waals surface area (Å²) >= 11 is 0. The third-order valence-corrected chi connectivity index (χ3v) is 3.84. The van der Waals surface area contributed by atoms with Gasteiger partial charge in [0.05, 0.1) is 6.61 Å². The Labute approximate surface area is 165 Å². The van der Waals surface area contributed by atoms with Crippen LogP contribution in [-0.4, -0.2) is 35.5 Å². The molecule has 2 N–H and O–H groups in total. The Hall–Kier alpha value is -1.65. The minimum absolute atomic E-state index is 0.133. The molecule has 0 aliphatic heterocycles. The summed E-state index contributed by atoms with van der Waals surface area (Å²) in [4.78, 5) is 11.4. The number of esters is 1. The van der Waals surface area contributed by atoms with Gasteiger partial charge in [0.15, 0.2) is 0 Å². The molecule has 0 aliphatic rings. The van der Waals surface area contributed by atoms with E-state index in [0.717, 1.165) is 44.9 Å². The highest BCUT2D eigenvalue weighted by Gasteiger charge is 2.06. The highest BCUT2D eigenvalue weighted by molar-refractivity contribution is 5.69. The largest absolute Gasteiger partial charge is 0.463 e. The number of allylic oxidation sites excluding steroid dienone is 8. The van der Waals surface area contributed by atoms with Crippen molar-refractivity contribution in [1.82, 2.24) is 0 Å². The second kappa shape index (κ2) is 20.7. The fourth-order valence-electron chi connectivity index (χ4n) is 2.26. The number of carbonyl (C=O) groups is 1. The molecule has 0 aliphatic carbocycles. The minimum Gasteiger partial charge on any atom is -0.463 e. The van der Waals surface area contributed by atoms with Crippen LogP contribution in [0.2, 0.25) is 0 Å². The van der Waals surface area contributed by atoms with Crippen molar-refractivity contribution >= 4 is 5.97 Å². The van der Waals surface area contributed by atoms with Gasteiger partial charge >= 0.3 is 5.97 Å². The molecule has 4 heteroatoms. The molecule has 27 heavy (non-hydrogen) atoms. The van der Waals surface area contributed by atoms with Crippen molar-refractivity contribution in [2.45, 2.75) is 77.2 Å². The summed E-state index contributed by atoms with van der Waals surface area (Å²) in [5.74, 6) is -0.324. The maximum atomic E-state index is 11.4. The zero-order valence-corrected chi connectivity index (χ0v) is 16.9. The van der Waals surface area contributed by atoms with Crippen molar-refractivity contribution in [3.05, 3.63) is 48.6 Å². The molecule has 0 fully saturated rings. The van der Waals surface area contributed by atoms with Crippen molar-refractivity contribution in [1.29, 1.82) is 0 Å². The van der Waals surface area contributed by atoms with Crippen LogP contribution in [0.4, 0.5) is 0 Å². The first kappa shape index (κ1) is 25.4. The molecule has 0 aromatic carbocycles. The fourth-order valence-corrected chi connectivity index (χ4v) is 2.26. The van der Waals surface area contributed by atoms with Crippen LogP contribution >= 0.6 is 0 Å². The normalized spacial score (nSPS) is 13.4. The SMILES string of the molecule is CC/C=C\C/C=C\C/C=C\CCCC/C=C\CCCC(=O)OC[C@@H](O)CO. The van der Waals surface area contributed by atoms with Gasteiger partial charge in [-0.2, -0.15) is 0 Å². The van der Waals surface area contributed by atoms with Gasteiger partial charge in [-0.1, -0.05) is 55.5 Å². The molecule has 0 rings (SSSR count). The molecule has 0 aromatic rings. The average molecular weight is 379 g/mol. The molecular weight excluding hydrogens is 340 g/mol. The van der Waals surface area contributed by atoms with Crippen molar-refractivity contribution in [2.75, 3.05) is 13.2 Å². The van der Waals surface area contributed by atoms with Crippen molar-refractivity contribution in [3.8, 4) is 0 Å². The van der Waals surface area contributed by atoms with E-state index < -0.39 is 6.10 Å². The summed E-state index contributed by atoms with van der Waals surface area (Å²) in [6.07, 6.45) is 26.3. The van der Waals surface area contributed by atoms with Crippen LogP contribution in [0.25, 0.3) is 0 Å². The Morgan fingerprint density at radius 2 is 1.37 bits per heavy atom. The van der Waals surface area contributed by atoms with Gasteiger partial charge < -0.3 is 14.9 Å². The maximum Gasteiger partial charge on any atom is 0.305 e. The first-order valence-corrected chi connectivity index (χ1v) is 10.2. The van der Waals surface area contributed by atoms with Crippen LogP contribution < -0.4 is 0 Å². The summed E-state index contributed by atoms with van der Waals surface area (Å²) < 4.78 is 4.84. The van der Waals surface area contributed by atoms with Crippen LogP contribution in [0.15, 0.2) is 48.6 Å². The second-order valence-corrected chi connectivity index (χ2v) is 6.46. The molecule has 0 amide bonds. The van der Waals surface area contributed by atoms with Gasteiger partial charge in [0.25, 0.3) is 0 Å². The van der Waals surface area contributed by atoms with Gasteiger partial charge in [0.2, 0.25) is 0 Å². The summed E-state index contributed by atoms with van der Waals surface area (Å²) in [5.41, 5.74) is 0. The monoisotopic (exact) mass is 378 g/mol. The van der Waals surface area contributed by atoms with Crippen LogP contribution in [0.3, 0.4) is 0 Å². The molecule has 154 valence electrons. The number of ether oxygens (including phenoxy) is 1. The first-order valence-electron chi connectivity index (χ1n) is 10.2. The lowest BCUT2D eigenvalue weighted by atomic mass is 10.1. The van der Waals surface area contributed by atoms with Gasteiger partial charge in [0, 0.05) is 6.42 Å². The molecule has 0 bridgehead atoms. The Kier molecular flexibility index (Phi) is 19.4. The molecule has 0 heterocycles. The van der Waals surface area contributed by atoms with Gasteiger partial charge in [0.1, 0.15) is 12.7 Å². The molecule has 1 atom stereocenters. The molecule has 0 aromatic heterocycles. The molecule has 4 nitrogen and oxygen atoms in total. The third kappa shape index (κ3) is 20.5. The van der Waals surface area contributed by atoms with Crippen LogP contribution in [0.5, 0.6) is 0 Å². The van der Waals surface area contributed by atoms with E-state index in [1.165, 1.54) is 12.8 Å². The Morgan fingerprint density at radius 1 is 0.852 bits per heavy atom. The average Bonchev–Trinajstić information content (AvgIpc) is 2.68. The maximum absolute atomic E-state index is 11.4. The number of rotatable bonds is 17. The van der Waals surface area contributed by atoms with E-state index in [1.54, 1.807) is 0 Å². The van der Waals surface area contributed by atoms with E-state index in [-0.39, 0.29) is 19.2 Å².